The molecule has 0 radical (unpaired) electrons. The number of esters is 4. The number of hydrogen-bond donors (Lipinski definition) is 3. The third-order valence-corrected chi connectivity index (χ3v) is 18.5. The number of phosphoric ester groups is 2. The highest BCUT2D eigenvalue weighted by molar-refractivity contribution is 7.47. The molecule has 3 N–H and O–H groups in total. The van der Waals surface area contributed by atoms with Crippen LogP contribution >= 0.6 is 15.6 Å². The second-order valence-corrected chi connectivity index (χ2v) is 29.2. The fourth-order valence-corrected chi connectivity index (χ4v) is 12.2. The number of aliphatic hydroxyl groups excluding tert-OH is 1. The Balaban J connectivity index is 5.38. The number of carbonyl (C=O) groups is 4. The van der Waals surface area contributed by atoms with Gasteiger partial charge in [-0.3, -0.25) is 37.3 Å². The molecule has 5 atom stereocenters. The van der Waals surface area contributed by atoms with Crippen LogP contribution in [0.25, 0.3) is 0 Å². The van der Waals surface area contributed by atoms with Crippen molar-refractivity contribution in [1.82, 2.24) is 0 Å². The van der Waals surface area contributed by atoms with E-state index in [0.717, 1.165) is 122 Å². The van der Waals surface area contributed by atoms with Gasteiger partial charge in [0.2, 0.25) is 0 Å². The minimum Gasteiger partial charge on any atom is -0.462 e. The van der Waals surface area contributed by atoms with E-state index < -0.39 is 97.5 Å². The molecule has 0 rings (SSSR count). The van der Waals surface area contributed by atoms with Gasteiger partial charge in [-0.05, 0) is 116 Å². The molecular formula is C79H142O17P2. The SMILES string of the molecule is CCCCC/C=C\C/C=C\C/C=C\C/C=C\CCCC(=O)O[C@H](COC(=O)CCCCCCC/C=C\CCCCCC)COP(=O)(O)OC[C@@H](O)COP(=O)(O)OC[C@@H](COC(=O)CCCCCCCCCCCCCCCCC)OC(=O)CCCCCCC/C=C\CCCCCC. The highest BCUT2D eigenvalue weighted by Crippen LogP contribution is 2.45. The number of hydrogen-bond acceptors (Lipinski definition) is 15. The van der Waals surface area contributed by atoms with Crippen LogP contribution in [0.15, 0.2) is 72.9 Å². The van der Waals surface area contributed by atoms with E-state index in [1.165, 1.54) is 141 Å². The van der Waals surface area contributed by atoms with Crippen molar-refractivity contribution in [3.8, 4) is 0 Å². The second kappa shape index (κ2) is 71.9. The van der Waals surface area contributed by atoms with Gasteiger partial charge < -0.3 is 33.8 Å². The Labute approximate surface area is 596 Å². The lowest BCUT2D eigenvalue weighted by Crippen LogP contribution is -2.30. The highest BCUT2D eigenvalue weighted by atomic mass is 31.2. The Morgan fingerprint density at radius 2 is 0.510 bits per heavy atom. The summed E-state index contributed by atoms with van der Waals surface area (Å²) in [5.41, 5.74) is 0. The fourth-order valence-electron chi connectivity index (χ4n) is 10.6. The third-order valence-electron chi connectivity index (χ3n) is 16.6. The van der Waals surface area contributed by atoms with Crippen molar-refractivity contribution < 1.29 is 80.2 Å². The number of unbranched alkanes of at least 4 members (excludes halogenated alkanes) is 36. The number of rotatable bonds is 74. The van der Waals surface area contributed by atoms with E-state index in [4.69, 9.17) is 37.0 Å². The van der Waals surface area contributed by atoms with Crippen LogP contribution in [-0.4, -0.2) is 96.7 Å². The molecule has 98 heavy (non-hydrogen) atoms. The summed E-state index contributed by atoms with van der Waals surface area (Å²) in [4.78, 5) is 72.8. The summed E-state index contributed by atoms with van der Waals surface area (Å²) in [6.07, 6.45) is 71.8. The topological polar surface area (TPSA) is 237 Å². The third kappa shape index (κ3) is 70.9. The van der Waals surface area contributed by atoms with Crippen LogP contribution in [0.1, 0.15) is 349 Å². The minimum atomic E-state index is -4.99. The molecule has 17 nitrogen and oxygen atoms in total. The minimum absolute atomic E-state index is 0.0199. The Hall–Kier alpha value is -3.50. The molecule has 0 bridgehead atoms. The smallest absolute Gasteiger partial charge is 0.462 e. The average Bonchev–Trinajstić information content (AvgIpc) is 1.02. The molecule has 570 valence electrons. The van der Waals surface area contributed by atoms with Crippen LogP contribution in [0.2, 0.25) is 0 Å². The van der Waals surface area contributed by atoms with E-state index in [9.17, 15) is 43.2 Å². The average molecular weight is 1430 g/mol. The molecule has 0 fully saturated rings. The van der Waals surface area contributed by atoms with Crippen molar-refractivity contribution in [2.24, 2.45) is 0 Å². The maximum Gasteiger partial charge on any atom is 0.472 e. The number of phosphoric acid groups is 2. The van der Waals surface area contributed by atoms with Crippen molar-refractivity contribution in [2.45, 2.75) is 367 Å². The van der Waals surface area contributed by atoms with Gasteiger partial charge in [-0.1, -0.05) is 280 Å². The Kier molecular flexibility index (Phi) is 69.3. The summed E-state index contributed by atoms with van der Waals surface area (Å²) >= 11 is 0. The Morgan fingerprint density at radius 3 is 0.847 bits per heavy atom. The van der Waals surface area contributed by atoms with Gasteiger partial charge in [0.25, 0.3) is 0 Å². The maximum atomic E-state index is 13.1. The summed E-state index contributed by atoms with van der Waals surface area (Å²) in [6.45, 7) is 4.78. The summed E-state index contributed by atoms with van der Waals surface area (Å²) in [7, 11) is -9.96. The lowest BCUT2D eigenvalue weighted by molar-refractivity contribution is -0.161. The van der Waals surface area contributed by atoms with Gasteiger partial charge in [-0.15, -0.1) is 0 Å². The molecule has 0 aliphatic carbocycles. The van der Waals surface area contributed by atoms with Gasteiger partial charge in [0.15, 0.2) is 12.2 Å². The largest absolute Gasteiger partial charge is 0.472 e. The van der Waals surface area contributed by atoms with Crippen LogP contribution in [0.5, 0.6) is 0 Å². The molecule has 0 aromatic heterocycles. The Morgan fingerprint density at radius 1 is 0.286 bits per heavy atom. The lowest BCUT2D eigenvalue weighted by Gasteiger charge is -2.21. The van der Waals surface area contributed by atoms with Crippen molar-refractivity contribution >= 4 is 39.5 Å². The van der Waals surface area contributed by atoms with Crippen LogP contribution in [0.4, 0.5) is 0 Å². The van der Waals surface area contributed by atoms with Gasteiger partial charge >= 0.3 is 39.5 Å². The molecule has 0 aliphatic heterocycles. The first-order valence-corrected chi connectivity index (χ1v) is 42.2. The molecule has 19 heteroatoms. The fraction of sp³-hybridized carbons (Fsp3) is 0.797. The molecule has 0 saturated carbocycles. The van der Waals surface area contributed by atoms with E-state index in [2.05, 4.69) is 88.5 Å². The lowest BCUT2D eigenvalue weighted by atomic mass is 10.0. The maximum absolute atomic E-state index is 13.1. The van der Waals surface area contributed by atoms with Crippen molar-refractivity contribution in [1.29, 1.82) is 0 Å². The summed E-state index contributed by atoms with van der Waals surface area (Å²) in [5.74, 6) is -2.23. The molecule has 0 amide bonds. The first-order chi connectivity index (χ1) is 47.7. The molecule has 0 aromatic rings. The van der Waals surface area contributed by atoms with Gasteiger partial charge in [0.05, 0.1) is 26.4 Å². The van der Waals surface area contributed by atoms with Crippen molar-refractivity contribution in [3.63, 3.8) is 0 Å². The van der Waals surface area contributed by atoms with Gasteiger partial charge in [0.1, 0.15) is 19.3 Å². The van der Waals surface area contributed by atoms with Crippen LogP contribution in [0.3, 0.4) is 0 Å². The van der Waals surface area contributed by atoms with Crippen LogP contribution in [0, 0.1) is 0 Å². The normalized spacial score (nSPS) is 14.3. The molecule has 0 aliphatic rings. The predicted octanol–water partition coefficient (Wildman–Crippen LogP) is 22.4. The molecular weight excluding hydrogens is 1280 g/mol. The monoisotopic (exact) mass is 1420 g/mol. The van der Waals surface area contributed by atoms with E-state index >= 15 is 0 Å². The molecule has 0 saturated heterocycles. The van der Waals surface area contributed by atoms with Crippen LogP contribution in [-0.2, 0) is 65.4 Å². The Bertz CT molecular complexity index is 2140. The van der Waals surface area contributed by atoms with Gasteiger partial charge in [-0.25, -0.2) is 9.13 Å². The molecule has 0 spiro atoms. The van der Waals surface area contributed by atoms with Gasteiger partial charge in [0, 0.05) is 25.7 Å². The zero-order chi connectivity index (χ0) is 71.8. The zero-order valence-corrected chi connectivity index (χ0v) is 64.0. The quantitative estimate of drug-likeness (QED) is 0.0169. The van der Waals surface area contributed by atoms with Crippen molar-refractivity contribution in [2.75, 3.05) is 39.6 Å². The second-order valence-electron chi connectivity index (χ2n) is 26.3. The van der Waals surface area contributed by atoms with Crippen LogP contribution < -0.4 is 0 Å². The predicted molar refractivity (Wildman–Crippen MR) is 400 cm³/mol. The standard InChI is InChI=1S/C79H142O17P2/c1-5-9-13-17-21-25-29-33-35-36-38-42-46-50-54-58-62-66-79(84)96-75(69-89-76(81)63-59-55-51-47-43-39-31-27-23-19-15-11-7-3)72-94-98(87,88)92-68-73(80)67-91-97(85,86)93-71-74(95-78(83)65-61-57-53-49-45-40-32-28-24-20-16-12-8-4)70-90-77(82)64-60-56-52-48-44-41-37-34-30-26-22-18-14-10-6-2/h21,25,27-28,31-33,35,38,42,50,54,73-75,80H,5-20,22-24,26,29-30,34,36-37,39-41,43-49,51-53,55-72H2,1-4H3,(H,85,86)(H,87,88)/b25-21-,31-27-,32-28-,35-33-,42-38-,54-50-/t73-,74+,75+/m0/s1. The number of aliphatic hydroxyl groups is 1. The number of allylic oxidation sites excluding steroid dienone is 12. The van der Waals surface area contributed by atoms with E-state index in [-0.39, 0.29) is 25.7 Å². The summed E-state index contributed by atoms with van der Waals surface area (Å²) < 4.78 is 68.4. The van der Waals surface area contributed by atoms with E-state index in [1.807, 2.05) is 12.2 Å². The zero-order valence-electron chi connectivity index (χ0n) is 62.2. The first-order valence-electron chi connectivity index (χ1n) is 39.2. The number of carbonyl (C=O) groups excluding carboxylic acids is 4. The molecule has 0 heterocycles. The van der Waals surface area contributed by atoms with E-state index in [1.54, 1.807) is 0 Å². The summed E-state index contributed by atoms with van der Waals surface area (Å²) in [5, 5.41) is 10.6. The first kappa shape index (κ1) is 94.5. The molecule has 0 aromatic carbocycles. The summed E-state index contributed by atoms with van der Waals surface area (Å²) in [6, 6.07) is 0. The van der Waals surface area contributed by atoms with Crippen molar-refractivity contribution in [3.05, 3.63) is 72.9 Å². The van der Waals surface area contributed by atoms with Gasteiger partial charge in [-0.2, -0.15) is 0 Å². The highest BCUT2D eigenvalue weighted by Gasteiger charge is 2.30. The molecule has 2 unspecified atom stereocenters. The van der Waals surface area contributed by atoms with E-state index in [0.29, 0.717) is 32.1 Å². The number of ether oxygens (including phenoxy) is 4.